The van der Waals surface area contributed by atoms with E-state index in [1.165, 1.54) is 24.3 Å². The third-order valence-electron chi connectivity index (χ3n) is 2.52. The number of anilines is 1. The molecule has 2 N–H and O–H groups in total. The van der Waals surface area contributed by atoms with Crippen LogP contribution < -0.4 is 5.32 Å². The minimum atomic E-state index is -1.23. The Morgan fingerprint density at radius 2 is 2.10 bits per heavy atom. The van der Waals surface area contributed by atoms with Crippen LogP contribution >= 0.6 is 0 Å². The zero-order chi connectivity index (χ0) is 15.4. The van der Waals surface area contributed by atoms with Gasteiger partial charge in [0.15, 0.2) is 5.82 Å². The summed E-state index contributed by atoms with van der Waals surface area (Å²) in [5.41, 5.74) is 0.0966. The first-order valence-electron chi connectivity index (χ1n) is 5.83. The quantitative estimate of drug-likeness (QED) is 0.469. The maximum Gasteiger partial charge on any atom is 0.360 e. The molecule has 9 heteroatoms. The van der Waals surface area contributed by atoms with Gasteiger partial charge in [-0.3, -0.25) is 10.1 Å². The van der Waals surface area contributed by atoms with Gasteiger partial charge in [-0.2, -0.15) is 0 Å². The summed E-state index contributed by atoms with van der Waals surface area (Å²) >= 11 is 0. The number of nitrogens with one attached hydrogen (secondary N) is 1. The highest BCUT2D eigenvalue weighted by Crippen LogP contribution is 2.17. The summed E-state index contributed by atoms with van der Waals surface area (Å²) in [5, 5.41) is 30.3. The molecule has 0 aliphatic heterocycles. The number of aromatic carboxylic acids is 1. The fourth-order valence-corrected chi connectivity index (χ4v) is 1.56. The molecule has 0 saturated heterocycles. The lowest BCUT2D eigenvalue weighted by atomic mass is 10.3. The zero-order valence-electron chi connectivity index (χ0n) is 10.8. The Hall–Kier alpha value is -3.23. The molecule has 1 aromatic heterocycles. The van der Waals surface area contributed by atoms with Crippen LogP contribution in [0, 0.1) is 10.1 Å². The molecule has 0 radical (unpaired) electrons. The first-order chi connectivity index (χ1) is 10.0. The van der Waals surface area contributed by atoms with Gasteiger partial charge in [0.1, 0.15) is 0 Å². The molecule has 0 spiro atoms. The molecule has 1 aromatic carbocycles. The van der Waals surface area contributed by atoms with Gasteiger partial charge < -0.3 is 10.4 Å². The fourth-order valence-electron chi connectivity index (χ4n) is 1.56. The van der Waals surface area contributed by atoms with Crippen molar-refractivity contribution in [1.29, 1.82) is 0 Å². The number of hydrogen-bond donors (Lipinski definition) is 2. The monoisotopic (exact) mass is 289 g/mol. The van der Waals surface area contributed by atoms with Gasteiger partial charge in [-0.05, 0) is 12.1 Å². The summed E-state index contributed by atoms with van der Waals surface area (Å²) < 4.78 is 0. The van der Waals surface area contributed by atoms with Crippen molar-refractivity contribution in [3.63, 3.8) is 0 Å². The first kappa shape index (κ1) is 14.2. The van der Waals surface area contributed by atoms with E-state index >= 15 is 0 Å². The van der Waals surface area contributed by atoms with Crippen LogP contribution in [0.25, 0.3) is 5.69 Å². The SMILES string of the molecule is C=CCNc1nn(-c2ccc([N+](=O)[O-])cc2)nc1C(=O)O. The van der Waals surface area contributed by atoms with Crippen LogP contribution in [0.3, 0.4) is 0 Å². The van der Waals surface area contributed by atoms with E-state index in [4.69, 9.17) is 5.11 Å². The fraction of sp³-hybridized carbons (Fsp3) is 0.0833. The Morgan fingerprint density at radius 3 is 2.62 bits per heavy atom. The number of non-ortho nitro benzene ring substituents is 1. The van der Waals surface area contributed by atoms with Crippen molar-refractivity contribution >= 4 is 17.5 Å². The predicted molar refractivity (Wildman–Crippen MR) is 73.7 cm³/mol. The zero-order valence-corrected chi connectivity index (χ0v) is 10.8. The van der Waals surface area contributed by atoms with Gasteiger partial charge in [0, 0.05) is 18.7 Å². The highest BCUT2D eigenvalue weighted by molar-refractivity contribution is 5.90. The number of carbonyl (C=O) groups is 1. The van der Waals surface area contributed by atoms with Crippen molar-refractivity contribution in [1.82, 2.24) is 15.0 Å². The number of hydrogen-bond acceptors (Lipinski definition) is 6. The van der Waals surface area contributed by atoms with Crippen LogP contribution in [0.5, 0.6) is 0 Å². The molecule has 1 heterocycles. The molecule has 0 atom stereocenters. The predicted octanol–water partition coefficient (Wildman–Crippen LogP) is 1.47. The average molecular weight is 289 g/mol. The molecule has 21 heavy (non-hydrogen) atoms. The summed E-state index contributed by atoms with van der Waals surface area (Å²) in [6.07, 6.45) is 1.55. The highest BCUT2D eigenvalue weighted by Gasteiger charge is 2.18. The summed E-state index contributed by atoms with van der Waals surface area (Å²) in [7, 11) is 0. The summed E-state index contributed by atoms with van der Waals surface area (Å²) in [6, 6.07) is 5.44. The number of rotatable bonds is 6. The molecular formula is C12H11N5O4. The van der Waals surface area contributed by atoms with Crippen molar-refractivity contribution in [2.45, 2.75) is 0 Å². The first-order valence-corrected chi connectivity index (χ1v) is 5.83. The number of nitrogens with zero attached hydrogens (tertiary/aromatic N) is 4. The standard InChI is InChI=1S/C12H11N5O4/c1-2-7-13-11-10(12(18)19)14-16(15-11)8-3-5-9(6-4-8)17(20)21/h2-6H,1,7H2,(H,13,15)(H,18,19). The average Bonchev–Trinajstić information content (AvgIpc) is 2.89. The molecule has 0 saturated carbocycles. The van der Waals surface area contributed by atoms with Crippen LogP contribution in [0.15, 0.2) is 36.9 Å². The summed E-state index contributed by atoms with van der Waals surface area (Å²) in [4.78, 5) is 22.3. The van der Waals surface area contributed by atoms with Crippen LogP contribution in [-0.4, -0.2) is 37.5 Å². The van der Waals surface area contributed by atoms with E-state index in [-0.39, 0.29) is 17.2 Å². The minimum absolute atomic E-state index is 0.0747. The van der Waals surface area contributed by atoms with Crippen LogP contribution in [0.4, 0.5) is 11.5 Å². The largest absolute Gasteiger partial charge is 0.476 e. The van der Waals surface area contributed by atoms with Crippen molar-refractivity contribution in [3.05, 3.63) is 52.7 Å². The highest BCUT2D eigenvalue weighted by atomic mass is 16.6. The Labute approximate surface area is 118 Å². The van der Waals surface area contributed by atoms with E-state index < -0.39 is 10.9 Å². The van der Waals surface area contributed by atoms with Gasteiger partial charge in [0.25, 0.3) is 5.69 Å². The minimum Gasteiger partial charge on any atom is -0.476 e. The lowest BCUT2D eigenvalue weighted by molar-refractivity contribution is -0.384. The Balaban J connectivity index is 2.37. The van der Waals surface area contributed by atoms with Crippen molar-refractivity contribution in [2.24, 2.45) is 0 Å². The van der Waals surface area contributed by atoms with Crippen molar-refractivity contribution < 1.29 is 14.8 Å². The third kappa shape index (κ3) is 3.03. The van der Waals surface area contributed by atoms with E-state index in [1.54, 1.807) is 6.08 Å². The summed E-state index contributed by atoms with van der Waals surface area (Å²) in [5.74, 6) is -1.13. The second kappa shape index (κ2) is 5.82. The van der Waals surface area contributed by atoms with E-state index in [1.807, 2.05) is 0 Å². The molecule has 108 valence electrons. The second-order valence-electron chi connectivity index (χ2n) is 3.93. The van der Waals surface area contributed by atoms with Gasteiger partial charge in [-0.1, -0.05) is 6.08 Å². The van der Waals surface area contributed by atoms with E-state index in [0.29, 0.717) is 12.2 Å². The molecule has 0 amide bonds. The molecular weight excluding hydrogens is 278 g/mol. The van der Waals surface area contributed by atoms with E-state index in [0.717, 1.165) is 4.80 Å². The van der Waals surface area contributed by atoms with Gasteiger partial charge in [0.05, 0.1) is 10.6 Å². The number of nitro groups is 1. The van der Waals surface area contributed by atoms with Crippen molar-refractivity contribution in [3.8, 4) is 5.69 Å². The Kier molecular flexibility index (Phi) is 3.93. The normalized spacial score (nSPS) is 10.1. The molecule has 9 nitrogen and oxygen atoms in total. The van der Waals surface area contributed by atoms with Crippen LogP contribution in [-0.2, 0) is 0 Å². The van der Waals surface area contributed by atoms with Crippen LogP contribution in [0.2, 0.25) is 0 Å². The van der Waals surface area contributed by atoms with E-state index in [2.05, 4.69) is 22.1 Å². The number of aromatic nitrogens is 3. The topological polar surface area (TPSA) is 123 Å². The lowest BCUT2D eigenvalue weighted by Crippen LogP contribution is -2.05. The van der Waals surface area contributed by atoms with Crippen LogP contribution in [0.1, 0.15) is 10.5 Å². The Bertz CT molecular complexity index is 692. The third-order valence-corrected chi connectivity index (χ3v) is 2.52. The number of carboxylic acid groups (broad SMARTS) is 1. The lowest BCUT2D eigenvalue weighted by Gasteiger charge is -1.99. The molecule has 0 unspecified atom stereocenters. The molecule has 0 fully saturated rings. The van der Waals surface area contributed by atoms with Gasteiger partial charge in [-0.15, -0.1) is 21.6 Å². The van der Waals surface area contributed by atoms with Gasteiger partial charge in [-0.25, -0.2) is 4.79 Å². The number of benzene rings is 1. The van der Waals surface area contributed by atoms with Crippen molar-refractivity contribution in [2.75, 3.05) is 11.9 Å². The number of carboxylic acids is 1. The van der Waals surface area contributed by atoms with E-state index in [9.17, 15) is 14.9 Å². The summed E-state index contributed by atoms with van der Waals surface area (Å²) in [6.45, 7) is 3.85. The smallest absolute Gasteiger partial charge is 0.360 e. The molecule has 0 bridgehead atoms. The maximum absolute atomic E-state index is 11.1. The molecule has 0 aliphatic carbocycles. The van der Waals surface area contributed by atoms with Gasteiger partial charge in [0.2, 0.25) is 5.69 Å². The molecule has 2 aromatic rings. The second-order valence-corrected chi connectivity index (χ2v) is 3.93. The Morgan fingerprint density at radius 1 is 1.43 bits per heavy atom. The van der Waals surface area contributed by atoms with Gasteiger partial charge >= 0.3 is 5.97 Å². The molecule has 2 rings (SSSR count). The molecule has 0 aliphatic rings. The number of nitro benzene ring substituents is 1. The maximum atomic E-state index is 11.1.